The molecule has 0 spiro atoms. The molecule has 0 atom stereocenters. The van der Waals surface area contributed by atoms with Crippen molar-refractivity contribution in [3.63, 3.8) is 0 Å². The van der Waals surface area contributed by atoms with Crippen molar-refractivity contribution in [1.29, 1.82) is 0 Å². The van der Waals surface area contributed by atoms with Crippen molar-refractivity contribution in [3.05, 3.63) is 106 Å². The lowest BCUT2D eigenvalue weighted by molar-refractivity contribution is -0.131. The predicted molar refractivity (Wildman–Crippen MR) is 136 cm³/mol. The van der Waals surface area contributed by atoms with Crippen molar-refractivity contribution >= 4 is 45.8 Å². The van der Waals surface area contributed by atoms with Crippen LogP contribution in [0.3, 0.4) is 0 Å². The first kappa shape index (κ1) is 22.9. The van der Waals surface area contributed by atoms with Gasteiger partial charge in [-0.25, -0.2) is 9.18 Å². The van der Waals surface area contributed by atoms with Gasteiger partial charge in [-0.05, 0) is 70.9 Å². The zero-order valence-electron chi connectivity index (χ0n) is 18.7. The van der Waals surface area contributed by atoms with E-state index in [2.05, 4.69) is 0 Å². The first-order chi connectivity index (χ1) is 16.9. The summed E-state index contributed by atoms with van der Waals surface area (Å²) in [6.07, 6.45) is 7.31. The molecule has 0 amide bonds. The number of carbonyl (C=O) groups is 1. The van der Waals surface area contributed by atoms with Crippen LogP contribution >= 0.6 is 11.6 Å². The number of benzene rings is 3. The highest BCUT2D eigenvalue weighted by Gasteiger charge is 2.30. The molecule has 176 valence electrons. The second-order valence-electron chi connectivity index (χ2n) is 8.64. The summed E-state index contributed by atoms with van der Waals surface area (Å²) in [5.74, 6) is -1.15. The minimum atomic E-state index is -1.02. The Morgan fingerprint density at radius 3 is 2.49 bits per heavy atom. The first-order valence-electron chi connectivity index (χ1n) is 11.3. The third-order valence-corrected chi connectivity index (χ3v) is 6.78. The fourth-order valence-electron chi connectivity index (χ4n) is 4.58. The SMILES string of the molecule is O=C(O)C=Cc1ccc(C(=C(c2ccc(F)cc2Cl)C2CCC2)c2coc3c(O)cccc23)cc1. The van der Waals surface area contributed by atoms with E-state index >= 15 is 0 Å². The van der Waals surface area contributed by atoms with Crippen LogP contribution in [0.4, 0.5) is 4.39 Å². The van der Waals surface area contributed by atoms with Gasteiger partial charge in [-0.1, -0.05) is 60.5 Å². The van der Waals surface area contributed by atoms with Crippen LogP contribution in [0.25, 0.3) is 28.2 Å². The van der Waals surface area contributed by atoms with Crippen molar-refractivity contribution in [1.82, 2.24) is 0 Å². The Labute approximate surface area is 206 Å². The number of rotatable bonds is 6. The summed E-state index contributed by atoms with van der Waals surface area (Å²) in [6.45, 7) is 0. The second kappa shape index (κ2) is 9.43. The van der Waals surface area contributed by atoms with Gasteiger partial charge in [0.25, 0.3) is 0 Å². The molecule has 1 aliphatic rings. The molecule has 2 N–H and O–H groups in total. The third kappa shape index (κ3) is 4.47. The van der Waals surface area contributed by atoms with Crippen molar-refractivity contribution in [2.24, 2.45) is 5.92 Å². The van der Waals surface area contributed by atoms with Crippen LogP contribution in [-0.2, 0) is 4.79 Å². The number of carboxylic acid groups (broad SMARTS) is 1. The number of para-hydroxylation sites is 1. The minimum Gasteiger partial charge on any atom is -0.504 e. The molecule has 1 fully saturated rings. The van der Waals surface area contributed by atoms with Gasteiger partial charge in [-0.15, -0.1) is 0 Å². The molecule has 0 unspecified atom stereocenters. The summed E-state index contributed by atoms with van der Waals surface area (Å²) < 4.78 is 19.7. The Balaban J connectivity index is 1.79. The smallest absolute Gasteiger partial charge is 0.328 e. The molecule has 0 radical (unpaired) electrons. The van der Waals surface area contributed by atoms with E-state index in [0.717, 1.165) is 64.1 Å². The maximum absolute atomic E-state index is 13.9. The molecule has 5 rings (SSSR count). The van der Waals surface area contributed by atoms with Gasteiger partial charge in [0.05, 0.1) is 11.3 Å². The number of furan rings is 1. The summed E-state index contributed by atoms with van der Waals surface area (Å²) >= 11 is 6.58. The largest absolute Gasteiger partial charge is 0.504 e. The Morgan fingerprint density at radius 1 is 1.06 bits per heavy atom. The molecule has 1 aromatic heterocycles. The maximum Gasteiger partial charge on any atom is 0.328 e. The van der Waals surface area contributed by atoms with E-state index in [1.54, 1.807) is 24.5 Å². The number of hydrogen-bond acceptors (Lipinski definition) is 3. The molecule has 3 aromatic carbocycles. The van der Waals surface area contributed by atoms with Crippen LogP contribution < -0.4 is 0 Å². The Kier molecular flexibility index (Phi) is 6.18. The zero-order valence-corrected chi connectivity index (χ0v) is 19.4. The summed E-state index contributed by atoms with van der Waals surface area (Å²) in [5, 5.41) is 20.4. The third-order valence-electron chi connectivity index (χ3n) is 6.47. The highest BCUT2D eigenvalue weighted by Crippen LogP contribution is 2.48. The van der Waals surface area contributed by atoms with Crippen LogP contribution in [0.2, 0.25) is 5.02 Å². The number of hydrogen-bond donors (Lipinski definition) is 2. The quantitative estimate of drug-likeness (QED) is 0.214. The summed E-state index contributed by atoms with van der Waals surface area (Å²) in [4.78, 5) is 10.9. The topological polar surface area (TPSA) is 70.7 Å². The average Bonchev–Trinajstić information content (AvgIpc) is 3.22. The van der Waals surface area contributed by atoms with Crippen LogP contribution in [-0.4, -0.2) is 16.2 Å². The lowest BCUT2D eigenvalue weighted by Gasteiger charge is -2.32. The normalized spacial score (nSPS) is 14.8. The van der Waals surface area contributed by atoms with E-state index in [0.29, 0.717) is 10.6 Å². The number of aliphatic carboxylic acids is 1. The summed E-state index contributed by atoms with van der Waals surface area (Å²) in [5.41, 5.74) is 5.46. The average molecular weight is 489 g/mol. The van der Waals surface area contributed by atoms with E-state index in [-0.39, 0.29) is 11.7 Å². The highest BCUT2D eigenvalue weighted by atomic mass is 35.5. The van der Waals surface area contributed by atoms with Gasteiger partial charge >= 0.3 is 5.97 Å². The van der Waals surface area contributed by atoms with Crippen molar-refractivity contribution < 1.29 is 23.8 Å². The predicted octanol–water partition coefficient (Wildman–Crippen LogP) is 7.79. The van der Waals surface area contributed by atoms with Crippen LogP contribution in [0.5, 0.6) is 5.75 Å². The van der Waals surface area contributed by atoms with Gasteiger partial charge in [-0.2, -0.15) is 0 Å². The molecule has 1 aliphatic carbocycles. The van der Waals surface area contributed by atoms with Crippen LogP contribution in [0.1, 0.15) is 41.5 Å². The Bertz CT molecular complexity index is 1480. The zero-order chi connectivity index (χ0) is 24.5. The molecule has 1 saturated carbocycles. The van der Waals surface area contributed by atoms with E-state index in [9.17, 15) is 14.3 Å². The molecular weight excluding hydrogens is 467 g/mol. The molecular formula is C29H22ClFO4. The van der Waals surface area contributed by atoms with Gasteiger partial charge in [0.15, 0.2) is 11.3 Å². The summed E-state index contributed by atoms with van der Waals surface area (Å²) in [7, 11) is 0. The Morgan fingerprint density at radius 2 is 1.83 bits per heavy atom. The van der Waals surface area contributed by atoms with E-state index < -0.39 is 11.8 Å². The van der Waals surface area contributed by atoms with Crippen LogP contribution in [0.15, 0.2) is 77.4 Å². The molecule has 0 saturated heterocycles. The Hall–Kier alpha value is -3.83. The molecule has 4 aromatic rings. The minimum absolute atomic E-state index is 0.0484. The second-order valence-corrected chi connectivity index (χ2v) is 9.04. The molecule has 4 nitrogen and oxygen atoms in total. The molecule has 0 aliphatic heterocycles. The number of phenols is 1. The number of aromatic hydroxyl groups is 1. The summed E-state index contributed by atoms with van der Waals surface area (Å²) in [6, 6.07) is 17.2. The van der Waals surface area contributed by atoms with Gasteiger partial charge in [0.2, 0.25) is 0 Å². The molecule has 0 bridgehead atoms. The number of phenolic OH excluding ortho intramolecular Hbond substituents is 1. The number of halogens is 2. The monoisotopic (exact) mass is 488 g/mol. The van der Waals surface area contributed by atoms with Crippen molar-refractivity contribution in [2.75, 3.05) is 0 Å². The van der Waals surface area contributed by atoms with E-state index in [1.165, 1.54) is 18.2 Å². The fraction of sp³-hybridized carbons (Fsp3) is 0.138. The van der Waals surface area contributed by atoms with Crippen LogP contribution in [0, 0.1) is 11.7 Å². The van der Waals surface area contributed by atoms with Gasteiger partial charge in [-0.3, -0.25) is 0 Å². The lowest BCUT2D eigenvalue weighted by atomic mass is 9.73. The molecule has 35 heavy (non-hydrogen) atoms. The lowest BCUT2D eigenvalue weighted by Crippen LogP contribution is -2.15. The number of allylic oxidation sites excluding steroid dienone is 1. The fourth-order valence-corrected chi connectivity index (χ4v) is 4.85. The van der Waals surface area contributed by atoms with Gasteiger partial charge in [0.1, 0.15) is 5.82 Å². The molecule has 6 heteroatoms. The van der Waals surface area contributed by atoms with E-state index in [4.69, 9.17) is 21.1 Å². The van der Waals surface area contributed by atoms with Crippen molar-refractivity contribution in [2.45, 2.75) is 19.3 Å². The van der Waals surface area contributed by atoms with Crippen molar-refractivity contribution in [3.8, 4) is 5.75 Å². The number of fused-ring (bicyclic) bond motifs is 1. The standard InChI is InChI=1S/C29H22ClFO4/c30-24-15-20(31)12-13-22(24)27(18-3-1-4-18)28(19-10-7-17(8-11-19)9-14-26(33)34)23-16-35-29-21(23)5-2-6-25(29)32/h2,5-16,18,32H,1,3-4H2,(H,33,34). The highest BCUT2D eigenvalue weighted by molar-refractivity contribution is 6.33. The maximum atomic E-state index is 13.9. The number of carboxylic acids is 1. The van der Waals surface area contributed by atoms with Gasteiger partial charge < -0.3 is 14.6 Å². The van der Waals surface area contributed by atoms with E-state index in [1.807, 2.05) is 30.3 Å². The molecule has 1 heterocycles. The first-order valence-corrected chi connectivity index (χ1v) is 11.7. The van der Waals surface area contributed by atoms with Gasteiger partial charge in [0, 0.05) is 17.0 Å².